The van der Waals surface area contributed by atoms with Gasteiger partial charge in [0.15, 0.2) is 0 Å². The Bertz CT molecular complexity index is 2750. The number of fused-ring (bicyclic) bond motifs is 4. The first-order valence-electron chi connectivity index (χ1n) is 24.3. The fourth-order valence-electron chi connectivity index (χ4n) is 11.2. The largest absolute Gasteiger partial charge is 0.453 e. The van der Waals surface area contributed by atoms with Crippen LogP contribution in [-0.4, -0.2) is 126 Å². The molecule has 19 heteroatoms. The number of halogens is 3. The average molecular weight is 971 g/mol. The number of methoxy groups -OCH3 is 3. The monoisotopic (exact) mass is 970 g/mol. The molecule has 70 heavy (non-hydrogen) atoms. The third-order valence-corrected chi connectivity index (χ3v) is 14.8. The second kappa shape index (κ2) is 20.3. The summed E-state index contributed by atoms with van der Waals surface area (Å²) in [5, 5.41) is 7.26. The molecule has 0 radical (unpaired) electrons. The molecule has 1 aliphatic carbocycles. The zero-order valence-electron chi connectivity index (χ0n) is 40.1. The number of carbonyl (C=O) groups is 4. The molecule has 3 aromatic carbocycles. The van der Waals surface area contributed by atoms with Gasteiger partial charge in [0.1, 0.15) is 23.7 Å². The van der Waals surface area contributed by atoms with Crippen LogP contribution in [0.3, 0.4) is 0 Å². The minimum absolute atomic E-state index is 0.182. The number of hydrogen-bond acceptors (Lipinski definition) is 10. The lowest BCUT2D eigenvalue weighted by atomic mass is 9.82. The molecule has 4 amide bonds. The summed E-state index contributed by atoms with van der Waals surface area (Å²) in [4.78, 5) is 72.9. The molecule has 4 aliphatic rings. The summed E-state index contributed by atoms with van der Waals surface area (Å²) in [5.41, 5.74) is 7.63. The van der Waals surface area contributed by atoms with Gasteiger partial charge in [-0.2, -0.15) is 13.2 Å². The summed E-state index contributed by atoms with van der Waals surface area (Å²) in [7, 11) is 4.06. The fourth-order valence-corrected chi connectivity index (χ4v) is 11.2. The topological polar surface area (TPSA) is 193 Å². The Morgan fingerprint density at radius 2 is 1.60 bits per heavy atom. The number of rotatable bonds is 12. The van der Waals surface area contributed by atoms with E-state index in [9.17, 15) is 32.3 Å². The summed E-state index contributed by atoms with van der Waals surface area (Å²) < 4.78 is 64.0. The predicted molar refractivity (Wildman–Crippen MR) is 253 cm³/mol. The maximum Gasteiger partial charge on any atom is 0.407 e. The molecule has 16 nitrogen and oxygen atoms in total. The van der Waals surface area contributed by atoms with E-state index in [1.165, 1.54) is 24.7 Å². The molecule has 0 saturated carbocycles. The van der Waals surface area contributed by atoms with Gasteiger partial charge in [0.25, 0.3) is 0 Å². The van der Waals surface area contributed by atoms with Gasteiger partial charge in [-0.15, -0.1) is 0 Å². The van der Waals surface area contributed by atoms with Crippen molar-refractivity contribution in [2.45, 2.75) is 108 Å². The second-order valence-electron chi connectivity index (χ2n) is 19.4. The molecular formula is C51H61F3N8O8. The van der Waals surface area contributed by atoms with E-state index in [2.05, 4.69) is 55.9 Å². The zero-order chi connectivity index (χ0) is 49.4. The highest BCUT2D eigenvalue weighted by molar-refractivity contribution is 6.05. The van der Waals surface area contributed by atoms with E-state index in [4.69, 9.17) is 23.9 Å². The Kier molecular flexibility index (Phi) is 14.1. The lowest BCUT2D eigenvalue weighted by Gasteiger charge is -2.34. The average Bonchev–Trinajstić information content (AvgIpc) is 4.20. The van der Waals surface area contributed by atoms with Crippen LogP contribution in [0.2, 0.25) is 0 Å². The first kappa shape index (κ1) is 48.8. The second-order valence-corrected chi connectivity index (χ2v) is 19.4. The highest BCUT2D eigenvalue weighted by Gasteiger charge is 2.52. The highest BCUT2D eigenvalue weighted by atomic mass is 19.4. The van der Waals surface area contributed by atoms with Crippen LogP contribution in [0.25, 0.3) is 44.2 Å². The predicted octanol–water partition coefficient (Wildman–Crippen LogP) is 8.31. The summed E-state index contributed by atoms with van der Waals surface area (Å²) in [5.74, 6) is -2.35. The van der Waals surface area contributed by atoms with Crippen LogP contribution >= 0.6 is 0 Å². The molecule has 374 valence electrons. The van der Waals surface area contributed by atoms with Crippen molar-refractivity contribution in [3.63, 3.8) is 0 Å². The fraction of sp³-hybridized carbons (Fsp3) is 0.529. The van der Waals surface area contributed by atoms with E-state index in [1.54, 1.807) is 13.3 Å². The van der Waals surface area contributed by atoms with Crippen molar-refractivity contribution in [3.8, 4) is 22.4 Å². The Balaban J connectivity index is 1.00. The van der Waals surface area contributed by atoms with Crippen LogP contribution in [0, 0.1) is 17.8 Å². The van der Waals surface area contributed by atoms with Crippen molar-refractivity contribution >= 4 is 45.8 Å². The SMILES string of the molecule is COC[C@H]1CC[C@@H](c2nc3c(ccc4cc(-c5ccc(-c6cnc([C@@H]7C[C@H](C(F)(F)F)CN7C(=O)[C@@H](NC(=O)OC)[C@@H]7CCCOC7)[nH]6)c6c5CCCC6)ccc43)[nH]2)N1C(=O)[C@@H](NC(=O)OC)C(C)C. The number of amides is 4. The normalized spacial score (nSPS) is 22.6. The molecule has 0 bridgehead atoms. The van der Waals surface area contributed by atoms with Crippen LogP contribution in [-0.2, 0) is 41.4 Å². The molecule has 4 N–H and O–H groups in total. The third-order valence-electron chi connectivity index (χ3n) is 14.8. The third kappa shape index (κ3) is 9.53. The number of hydrogen-bond donors (Lipinski definition) is 4. The van der Waals surface area contributed by atoms with Crippen LogP contribution in [0.5, 0.6) is 0 Å². The Morgan fingerprint density at radius 3 is 2.30 bits per heavy atom. The van der Waals surface area contributed by atoms with Gasteiger partial charge >= 0.3 is 18.4 Å². The number of likely N-dealkylation sites (tertiary alicyclic amines) is 2. The van der Waals surface area contributed by atoms with E-state index in [0.29, 0.717) is 50.4 Å². The molecule has 3 saturated heterocycles. The van der Waals surface area contributed by atoms with E-state index in [-0.39, 0.29) is 42.8 Å². The maximum absolute atomic E-state index is 14.4. The summed E-state index contributed by atoms with van der Waals surface area (Å²) in [6, 6.07) is 11.0. The smallest absolute Gasteiger partial charge is 0.407 e. The number of nitrogens with one attached hydrogen (secondary N) is 4. The molecule has 7 atom stereocenters. The van der Waals surface area contributed by atoms with Gasteiger partial charge in [0, 0.05) is 37.1 Å². The van der Waals surface area contributed by atoms with Gasteiger partial charge in [0.05, 0.1) is 74.4 Å². The van der Waals surface area contributed by atoms with Gasteiger partial charge in [0.2, 0.25) is 11.8 Å². The van der Waals surface area contributed by atoms with Crippen molar-refractivity contribution in [2.75, 3.05) is 47.7 Å². The summed E-state index contributed by atoms with van der Waals surface area (Å²) in [6.45, 7) is 4.22. The number of H-pyrrole nitrogens is 2. The van der Waals surface area contributed by atoms with Crippen molar-refractivity contribution in [1.82, 2.24) is 40.4 Å². The first-order valence-corrected chi connectivity index (χ1v) is 24.3. The minimum atomic E-state index is -4.55. The van der Waals surface area contributed by atoms with E-state index < -0.39 is 60.8 Å². The standard InChI is InChI=1S/C51H61F3N8O8/c1-27(2)42(59-49(65)68-4)48(64)62-32(26-67-3)14-19-40(62)46-56-38-18-13-29-21-28(12-15-34(29)44(38)58-46)33-16-17-37(36-11-7-6-10-35(33)36)39-23-55-45(57-39)41-22-31(51(52,53)54)24-61(41)47(63)43(60-50(66)69-5)30-9-8-20-70-25-30/h12-13,15-18,21,23,27,30-32,40-43H,6-11,14,19-20,22,24-26H2,1-5H3,(H,55,57)(H,56,58)(H,59,65)(H,60,66)/t30-,31+,32-,40+,41+,42+,43+/m1/s1. The van der Waals surface area contributed by atoms with Gasteiger partial charge < -0.3 is 49.3 Å². The number of ether oxygens (including phenoxy) is 4. The van der Waals surface area contributed by atoms with Crippen molar-refractivity contribution in [3.05, 3.63) is 71.4 Å². The Labute approximate surface area is 403 Å². The van der Waals surface area contributed by atoms with Crippen molar-refractivity contribution < 1.29 is 51.3 Å². The molecule has 0 spiro atoms. The quantitative estimate of drug-likeness (QED) is 0.0945. The lowest BCUT2D eigenvalue weighted by Crippen LogP contribution is -2.54. The number of benzene rings is 3. The molecule has 3 fully saturated rings. The minimum Gasteiger partial charge on any atom is -0.453 e. The molecule has 5 heterocycles. The van der Waals surface area contributed by atoms with Gasteiger partial charge in [-0.3, -0.25) is 9.59 Å². The van der Waals surface area contributed by atoms with Gasteiger partial charge in [-0.25, -0.2) is 19.6 Å². The van der Waals surface area contributed by atoms with Crippen LogP contribution in [0.4, 0.5) is 22.8 Å². The molecule has 5 aromatic rings. The number of alkyl halides is 3. The van der Waals surface area contributed by atoms with Gasteiger partial charge in [-0.1, -0.05) is 44.2 Å². The van der Waals surface area contributed by atoms with Gasteiger partial charge in [-0.05, 0) is 103 Å². The van der Waals surface area contributed by atoms with E-state index in [1.807, 2.05) is 30.9 Å². The number of aromatic nitrogens is 4. The molecule has 2 aromatic heterocycles. The maximum atomic E-state index is 14.4. The number of carbonyl (C=O) groups excluding carboxylic acids is 4. The van der Waals surface area contributed by atoms with Crippen molar-refractivity contribution in [1.29, 1.82) is 0 Å². The molecule has 3 aliphatic heterocycles. The van der Waals surface area contributed by atoms with Crippen molar-refractivity contribution in [2.24, 2.45) is 17.8 Å². The first-order chi connectivity index (χ1) is 33.7. The van der Waals surface area contributed by atoms with E-state index >= 15 is 0 Å². The molecular weight excluding hydrogens is 910 g/mol. The van der Waals surface area contributed by atoms with Crippen LogP contribution in [0.1, 0.15) is 93.7 Å². The Hall–Kier alpha value is -6.21. The Morgan fingerprint density at radius 1 is 0.857 bits per heavy atom. The van der Waals surface area contributed by atoms with E-state index in [0.717, 1.165) is 69.7 Å². The number of aromatic amines is 2. The molecule has 9 rings (SSSR count). The molecule has 0 unspecified atom stereocenters. The summed E-state index contributed by atoms with van der Waals surface area (Å²) in [6.07, 6.45) is 1.37. The number of imidazole rings is 2. The van der Waals surface area contributed by atoms with Crippen LogP contribution in [0.15, 0.2) is 48.7 Å². The van der Waals surface area contributed by atoms with Crippen LogP contribution < -0.4 is 10.6 Å². The number of nitrogens with zero attached hydrogens (tertiary/aromatic N) is 4. The lowest BCUT2D eigenvalue weighted by molar-refractivity contribution is -0.171. The summed E-state index contributed by atoms with van der Waals surface area (Å²) >= 11 is 0. The highest BCUT2D eigenvalue weighted by Crippen LogP contribution is 2.45. The number of alkyl carbamates (subject to hydrolysis) is 2. The zero-order valence-corrected chi connectivity index (χ0v) is 40.1.